The number of nitrogens with zero attached hydrogens (tertiary/aromatic N) is 2. The van der Waals surface area contributed by atoms with Crippen LogP contribution in [-0.2, 0) is 11.2 Å². The van der Waals surface area contributed by atoms with E-state index in [2.05, 4.69) is 0 Å². The molecule has 0 bridgehead atoms. The Bertz CT molecular complexity index is 1110. The predicted octanol–water partition coefficient (Wildman–Crippen LogP) is 5.25. The molecule has 0 saturated carbocycles. The van der Waals surface area contributed by atoms with Gasteiger partial charge in [0.15, 0.2) is 0 Å². The minimum absolute atomic E-state index is 0.0636. The largest absolute Gasteiger partial charge is 0.342 e. The second-order valence-corrected chi connectivity index (χ2v) is 9.97. The first-order chi connectivity index (χ1) is 16.1. The third-order valence-electron chi connectivity index (χ3n) is 6.90. The standard InChI is InChI=1S/C27H27FN2O2S/c28-23-11-9-20(10-12-23)19-5-7-21(8-6-19)27(32)30-14-1-3-22-18-29(15-13-25(22)30)26(31)17-24-4-2-16-33-24/h2,4-12,16,22,25H,1,3,13-15,17-18H2/t22-,25+/m1/s1. The number of hydrogen-bond acceptors (Lipinski definition) is 3. The molecule has 0 aliphatic carbocycles. The van der Waals surface area contributed by atoms with Crippen molar-refractivity contribution >= 4 is 23.2 Å². The van der Waals surface area contributed by atoms with E-state index in [1.165, 1.54) is 12.1 Å². The summed E-state index contributed by atoms with van der Waals surface area (Å²) >= 11 is 1.62. The number of hydrogen-bond donors (Lipinski definition) is 0. The Morgan fingerprint density at radius 1 is 0.939 bits per heavy atom. The number of carbonyl (C=O) groups excluding carboxylic acids is 2. The maximum atomic E-state index is 13.4. The molecule has 3 heterocycles. The fraction of sp³-hybridized carbons (Fsp3) is 0.333. The summed E-state index contributed by atoms with van der Waals surface area (Å²) in [5, 5.41) is 2.01. The van der Waals surface area contributed by atoms with Crippen LogP contribution in [0.3, 0.4) is 0 Å². The summed E-state index contributed by atoms with van der Waals surface area (Å²) in [6.45, 7) is 2.21. The molecule has 6 heteroatoms. The lowest BCUT2D eigenvalue weighted by molar-refractivity contribution is -0.133. The van der Waals surface area contributed by atoms with Crippen LogP contribution in [0.15, 0.2) is 66.0 Å². The van der Waals surface area contributed by atoms with Crippen molar-refractivity contribution in [2.75, 3.05) is 19.6 Å². The van der Waals surface area contributed by atoms with Gasteiger partial charge in [-0.25, -0.2) is 4.39 Å². The van der Waals surface area contributed by atoms with Crippen LogP contribution in [0.4, 0.5) is 4.39 Å². The Morgan fingerprint density at radius 3 is 2.36 bits per heavy atom. The monoisotopic (exact) mass is 462 g/mol. The van der Waals surface area contributed by atoms with E-state index in [-0.39, 0.29) is 23.7 Å². The van der Waals surface area contributed by atoms with Gasteiger partial charge in [0.05, 0.1) is 6.42 Å². The van der Waals surface area contributed by atoms with Gasteiger partial charge in [-0.05, 0) is 72.0 Å². The lowest BCUT2D eigenvalue weighted by atomic mass is 9.83. The van der Waals surface area contributed by atoms with Crippen molar-refractivity contribution in [1.82, 2.24) is 9.80 Å². The van der Waals surface area contributed by atoms with Crippen LogP contribution in [-0.4, -0.2) is 47.3 Å². The van der Waals surface area contributed by atoms with Gasteiger partial charge in [-0.1, -0.05) is 30.3 Å². The Labute approximate surface area is 197 Å². The quantitative estimate of drug-likeness (QED) is 0.531. The molecule has 2 aliphatic heterocycles. The molecule has 2 saturated heterocycles. The average Bonchev–Trinajstić information content (AvgIpc) is 3.36. The van der Waals surface area contributed by atoms with Crippen LogP contribution >= 0.6 is 11.3 Å². The predicted molar refractivity (Wildman–Crippen MR) is 129 cm³/mol. The molecule has 0 N–H and O–H groups in total. The van der Waals surface area contributed by atoms with E-state index >= 15 is 0 Å². The molecule has 2 amide bonds. The summed E-state index contributed by atoms with van der Waals surface area (Å²) in [7, 11) is 0. The smallest absolute Gasteiger partial charge is 0.254 e. The summed E-state index contributed by atoms with van der Waals surface area (Å²) in [6, 6.07) is 18.1. The van der Waals surface area contributed by atoms with Crippen LogP contribution in [0.25, 0.3) is 11.1 Å². The minimum atomic E-state index is -0.260. The molecule has 0 spiro atoms. The first kappa shape index (κ1) is 21.8. The Hall–Kier alpha value is -2.99. The van der Waals surface area contributed by atoms with Crippen LogP contribution in [0.2, 0.25) is 0 Å². The zero-order valence-corrected chi connectivity index (χ0v) is 19.3. The average molecular weight is 463 g/mol. The van der Waals surface area contributed by atoms with E-state index in [0.717, 1.165) is 48.4 Å². The van der Waals surface area contributed by atoms with Gasteiger partial charge in [0.1, 0.15) is 5.82 Å². The van der Waals surface area contributed by atoms with Crippen LogP contribution in [0, 0.1) is 11.7 Å². The second kappa shape index (κ2) is 9.48. The van der Waals surface area contributed by atoms with Gasteiger partial charge in [0.2, 0.25) is 5.91 Å². The highest BCUT2D eigenvalue weighted by Gasteiger charge is 2.39. The fourth-order valence-electron chi connectivity index (χ4n) is 5.17. The number of likely N-dealkylation sites (tertiary alicyclic amines) is 2. The number of halogens is 1. The molecule has 0 unspecified atom stereocenters. The van der Waals surface area contributed by atoms with Gasteiger partial charge >= 0.3 is 0 Å². The fourth-order valence-corrected chi connectivity index (χ4v) is 5.87. The van der Waals surface area contributed by atoms with E-state index in [4.69, 9.17) is 0 Å². The van der Waals surface area contributed by atoms with Gasteiger partial charge in [-0.2, -0.15) is 0 Å². The molecule has 170 valence electrons. The maximum absolute atomic E-state index is 13.4. The number of benzene rings is 2. The molecule has 0 radical (unpaired) electrons. The van der Waals surface area contributed by atoms with E-state index in [1.54, 1.807) is 23.5 Å². The SMILES string of the molecule is O=C(Cc1cccs1)N1CC[C@H]2[C@H](CCCN2C(=O)c2ccc(-c3ccc(F)cc3)cc2)C1. The van der Waals surface area contributed by atoms with Gasteiger partial charge in [-0.15, -0.1) is 11.3 Å². The molecule has 3 aromatic rings. The van der Waals surface area contributed by atoms with Crippen LogP contribution in [0.5, 0.6) is 0 Å². The molecule has 1 aromatic heterocycles. The molecular weight excluding hydrogens is 435 g/mol. The maximum Gasteiger partial charge on any atom is 0.254 e. The zero-order valence-electron chi connectivity index (χ0n) is 18.5. The lowest BCUT2D eigenvalue weighted by Gasteiger charge is -2.47. The topological polar surface area (TPSA) is 40.6 Å². The van der Waals surface area contributed by atoms with Gasteiger partial charge in [0.25, 0.3) is 5.91 Å². The van der Waals surface area contributed by atoms with Crippen molar-refractivity contribution in [1.29, 1.82) is 0 Å². The number of carbonyl (C=O) groups is 2. The van der Waals surface area contributed by atoms with Gasteiger partial charge in [0, 0.05) is 36.1 Å². The van der Waals surface area contributed by atoms with Crippen molar-refractivity contribution in [3.05, 3.63) is 82.3 Å². The van der Waals surface area contributed by atoms with Crippen molar-refractivity contribution in [3.8, 4) is 11.1 Å². The summed E-state index contributed by atoms with van der Waals surface area (Å²) in [5.41, 5.74) is 2.56. The van der Waals surface area contributed by atoms with Crippen molar-refractivity contribution < 1.29 is 14.0 Å². The van der Waals surface area contributed by atoms with Crippen LogP contribution in [0.1, 0.15) is 34.5 Å². The first-order valence-corrected chi connectivity index (χ1v) is 12.4. The number of amides is 2. The minimum Gasteiger partial charge on any atom is -0.342 e. The molecule has 2 aromatic carbocycles. The summed E-state index contributed by atoms with van der Waals surface area (Å²) in [4.78, 5) is 31.3. The number of rotatable bonds is 4. The Morgan fingerprint density at radius 2 is 1.67 bits per heavy atom. The third kappa shape index (κ3) is 4.71. The number of piperidine rings is 2. The second-order valence-electron chi connectivity index (χ2n) is 8.94. The third-order valence-corrected chi connectivity index (χ3v) is 7.77. The molecule has 33 heavy (non-hydrogen) atoms. The van der Waals surface area contributed by atoms with Crippen molar-refractivity contribution in [2.24, 2.45) is 5.92 Å². The van der Waals surface area contributed by atoms with Crippen LogP contribution < -0.4 is 0 Å². The van der Waals surface area contributed by atoms with Gasteiger partial charge < -0.3 is 9.80 Å². The summed E-state index contributed by atoms with van der Waals surface area (Å²) < 4.78 is 13.2. The van der Waals surface area contributed by atoms with Gasteiger partial charge in [-0.3, -0.25) is 9.59 Å². The van der Waals surface area contributed by atoms with Crippen molar-refractivity contribution in [2.45, 2.75) is 31.7 Å². The molecule has 5 rings (SSSR count). The van der Waals surface area contributed by atoms with Crippen molar-refractivity contribution in [3.63, 3.8) is 0 Å². The van der Waals surface area contributed by atoms with E-state index in [9.17, 15) is 14.0 Å². The lowest BCUT2D eigenvalue weighted by Crippen LogP contribution is -2.56. The number of fused-ring (bicyclic) bond motifs is 1. The van der Waals surface area contributed by atoms with E-state index in [0.29, 0.717) is 24.4 Å². The zero-order chi connectivity index (χ0) is 22.8. The normalized spacial score (nSPS) is 20.4. The Balaban J connectivity index is 1.25. The molecule has 2 aliphatic rings. The highest BCUT2D eigenvalue weighted by atomic mass is 32.1. The van der Waals surface area contributed by atoms with E-state index < -0.39 is 0 Å². The van der Waals surface area contributed by atoms with E-state index in [1.807, 2.05) is 51.6 Å². The summed E-state index contributed by atoms with van der Waals surface area (Å²) in [5.74, 6) is 0.330. The molecular formula is C27H27FN2O2S. The molecule has 2 atom stereocenters. The first-order valence-electron chi connectivity index (χ1n) is 11.6. The highest BCUT2D eigenvalue weighted by molar-refractivity contribution is 7.10. The molecule has 2 fully saturated rings. The molecule has 4 nitrogen and oxygen atoms in total. The Kier molecular flexibility index (Phi) is 6.27. The summed E-state index contributed by atoms with van der Waals surface area (Å²) in [6.07, 6.45) is 3.33. The highest BCUT2D eigenvalue weighted by Crippen LogP contribution is 2.32. The number of thiophene rings is 1.